The Morgan fingerprint density at radius 2 is 1.68 bits per heavy atom. The van der Waals surface area contributed by atoms with Crippen molar-refractivity contribution in [2.45, 2.75) is 33.1 Å². The molecule has 0 bridgehead atoms. The molecule has 0 saturated heterocycles. The van der Waals surface area contributed by atoms with Crippen molar-refractivity contribution in [2.24, 2.45) is 0 Å². The van der Waals surface area contributed by atoms with Gasteiger partial charge in [-0.1, -0.05) is 29.8 Å². The number of esters is 1. The van der Waals surface area contributed by atoms with Crippen molar-refractivity contribution < 1.29 is 19.1 Å². The van der Waals surface area contributed by atoms with Crippen LogP contribution in [-0.2, 0) is 14.3 Å². The quantitative estimate of drug-likeness (QED) is 0.546. The second-order valence-corrected chi connectivity index (χ2v) is 5.16. The van der Waals surface area contributed by atoms with Gasteiger partial charge < -0.3 is 9.64 Å². The standard InChI is InChI=1S/C17H23NO4/c1-4-22-17(21)11-12-18(3)16(20)10-9-15(19)14-7-5-13(2)6-8-14/h5-8H,4,9-12H2,1-3H3. The van der Waals surface area contributed by atoms with Gasteiger partial charge in [-0.15, -0.1) is 0 Å². The number of hydrogen-bond acceptors (Lipinski definition) is 4. The summed E-state index contributed by atoms with van der Waals surface area (Å²) in [6, 6.07) is 7.29. The molecule has 0 aliphatic rings. The maximum atomic E-state index is 12.0. The molecule has 0 aliphatic carbocycles. The molecule has 5 heteroatoms. The van der Waals surface area contributed by atoms with Gasteiger partial charge in [0.05, 0.1) is 13.0 Å². The Balaban J connectivity index is 2.36. The van der Waals surface area contributed by atoms with E-state index in [1.54, 1.807) is 26.1 Å². The fourth-order valence-electron chi connectivity index (χ4n) is 1.91. The first-order valence-electron chi connectivity index (χ1n) is 7.43. The van der Waals surface area contributed by atoms with Crippen molar-refractivity contribution in [1.82, 2.24) is 4.90 Å². The zero-order valence-corrected chi connectivity index (χ0v) is 13.4. The SMILES string of the molecule is CCOC(=O)CCN(C)C(=O)CCC(=O)c1ccc(C)cc1. The molecule has 0 spiro atoms. The zero-order valence-electron chi connectivity index (χ0n) is 13.4. The largest absolute Gasteiger partial charge is 0.466 e. The molecule has 0 fully saturated rings. The number of benzene rings is 1. The predicted molar refractivity (Wildman–Crippen MR) is 83.6 cm³/mol. The summed E-state index contributed by atoms with van der Waals surface area (Å²) in [5.74, 6) is -0.519. The van der Waals surface area contributed by atoms with E-state index in [-0.39, 0.29) is 36.9 Å². The van der Waals surface area contributed by atoms with Gasteiger partial charge in [0.15, 0.2) is 5.78 Å². The normalized spacial score (nSPS) is 10.1. The number of aryl methyl sites for hydroxylation is 1. The number of carbonyl (C=O) groups excluding carboxylic acids is 3. The average Bonchev–Trinajstić information content (AvgIpc) is 2.50. The minimum Gasteiger partial charge on any atom is -0.466 e. The lowest BCUT2D eigenvalue weighted by molar-refractivity contribution is -0.143. The van der Waals surface area contributed by atoms with E-state index < -0.39 is 0 Å². The van der Waals surface area contributed by atoms with Crippen LogP contribution < -0.4 is 0 Å². The summed E-state index contributed by atoms with van der Waals surface area (Å²) >= 11 is 0. The van der Waals surface area contributed by atoms with Crippen molar-refractivity contribution in [2.75, 3.05) is 20.2 Å². The number of Topliss-reactive ketones (excluding diaryl/α,β-unsaturated/α-hetero) is 1. The molecule has 22 heavy (non-hydrogen) atoms. The summed E-state index contributed by atoms with van der Waals surface area (Å²) < 4.78 is 4.81. The second-order valence-electron chi connectivity index (χ2n) is 5.16. The van der Waals surface area contributed by atoms with Gasteiger partial charge in [0.2, 0.25) is 5.91 Å². The Morgan fingerprint density at radius 1 is 1.05 bits per heavy atom. The van der Waals surface area contributed by atoms with Gasteiger partial charge in [-0.3, -0.25) is 14.4 Å². The van der Waals surface area contributed by atoms with Crippen molar-refractivity contribution in [3.63, 3.8) is 0 Å². The van der Waals surface area contributed by atoms with Crippen molar-refractivity contribution >= 4 is 17.7 Å². The average molecular weight is 305 g/mol. The molecular weight excluding hydrogens is 282 g/mol. The van der Waals surface area contributed by atoms with Crippen molar-refractivity contribution in [1.29, 1.82) is 0 Å². The maximum absolute atomic E-state index is 12.0. The number of amides is 1. The molecule has 5 nitrogen and oxygen atoms in total. The van der Waals surface area contributed by atoms with E-state index in [1.165, 1.54) is 4.90 Å². The Hall–Kier alpha value is -2.17. The highest BCUT2D eigenvalue weighted by atomic mass is 16.5. The van der Waals surface area contributed by atoms with E-state index in [0.717, 1.165) is 5.56 Å². The monoisotopic (exact) mass is 305 g/mol. The number of nitrogens with zero attached hydrogens (tertiary/aromatic N) is 1. The minimum absolute atomic E-state index is 0.0489. The van der Waals surface area contributed by atoms with Gasteiger partial charge in [0.1, 0.15) is 0 Å². The molecule has 0 N–H and O–H groups in total. The van der Waals surface area contributed by atoms with Crippen LogP contribution in [-0.4, -0.2) is 42.8 Å². The molecule has 0 heterocycles. The topological polar surface area (TPSA) is 63.7 Å². The van der Waals surface area contributed by atoms with Crippen LogP contribution in [0.15, 0.2) is 24.3 Å². The lowest BCUT2D eigenvalue weighted by Crippen LogP contribution is -2.29. The van der Waals surface area contributed by atoms with Crippen LogP contribution >= 0.6 is 0 Å². The third kappa shape index (κ3) is 6.08. The van der Waals surface area contributed by atoms with Crippen LogP contribution in [0.2, 0.25) is 0 Å². The molecule has 0 radical (unpaired) electrons. The first-order valence-corrected chi connectivity index (χ1v) is 7.43. The molecule has 1 amide bonds. The summed E-state index contributed by atoms with van der Waals surface area (Å²) in [5.41, 5.74) is 1.71. The summed E-state index contributed by atoms with van der Waals surface area (Å²) in [4.78, 5) is 36.6. The Bertz CT molecular complexity index is 522. The molecule has 120 valence electrons. The molecule has 0 saturated carbocycles. The number of rotatable bonds is 8. The third-order valence-electron chi connectivity index (χ3n) is 3.32. The van der Waals surface area contributed by atoms with Crippen LogP contribution in [0.4, 0.5) is 0 Å². The van der Waals surface area contributed by atoms with Crippen LogP contribution in [0.5, 0.6) is 0 Å². The van der Waals surface area contributed by atoms with Gasteiger partial charge in [0.25, 0.3) is 0 Å². The first-order chi connectivity index (χ1) is 10.4. The summed E-state index contributed by atoms with van der Waals surface area (Å²) in [6.45, 7) is 4.33. The Morgan fingerprint density at radius 3 is 2.27 bits per heavy atom. The second kappa shape index (κ2) is 8.97. The van der Waals surface area contributed by atoms with E-state index >= 15 is 0 Å². The molecular formula is C17H23NO4. The molecule has 1 aromatic rings. The molecule has 0 aliphatic heterocycles. The van der Waals surface area contributed by atoms with Gasteiger partial charge in [-0.25, -0.2) is 0 Å². The number of carbonyl (C=O) groups is 3. The first kappa shape index (κ1) is 17.9. The van der Waals surface area contributed by atoms with Crippen LogP contribution in [0, 0.1) is 6.92 Å². The number of ether oxygens (including phenoxy) is 1. The summed E-state index contributed by atoms with van der Waals surface area (Å²) in [6.07, 6.45) is 0.486. The van der Waals surface area contributed by atoms with E-state index in [4.69, 9.17) is 4.74 Å². The minimum atomic E-state index is -0.321. The highest BCUT2D eigenvalue weighted by Crippen LogP contribution is 2.08. The van der Waals surface area contributed by atoms with Crippen LogP contribution in [0.1, 0.15) is 42.1 Å². The fourth-order valence-corrected chi connectivity index (χ4v) is 1.91. The molecule has 0 unspecified atom stereocenters. The fraction of sp³-hybridized carbons (Fsp3) is 0.471. The third-order valence-corrected chi connectivity index (χ3v) is 3.32. The molecule has 0 atom stereocenters. The van der Waals surface area contributed by atoms with Crippen molar-refractivity contribution in [3.8, 4) is 0 Å². The van der Waals surface area contributed by atoms with Crippen LogP contribution in [0.25, 0.3) is 0 Å². The maximum Gasteiger partial charge on any atom is 0.307 e. The Labute approximate surface area is 131 Å². The van der Waals surface area contributed by atoms with E-state index in [0.29, 0.717) is 18.7 Å². The molecule has 1 rings (SSSR count). The van der Waals surface area contributed by atoms with Gasteiger partial charge in [-0.2, -0.15) is 0 Å². The summed E-state index contributed by atoms with van der Waals surface area (Å²) in [7, 11) is 1.62. The lowest BCUT2D eigenvalue weighted by atomic mass is 10.0. The highest BCUT2D eigenvalue weighted by molar-refractivity contribution is 5.97. The predicted octanol–water partition coefficient (Wildman–Crippen LogP) is 2.37. The highest BCUT2D eigenvalue weighted by Gasteiger charge is 2.14. The van der Waals surface area contributed by atoms with Gasteiger partial charge in [-0.05, 0) is 13.8 Å². The Kier molecular flexibility index (Phi) is 7.29. The van der Waals surface area contributed by atoms with Crippen LogP contribution in [0.3, 0.4) is 0 Å². The zero-order chi connectivity index (χ0) is 16.5. The smallest absolute Gasteiger partial charge is 0.307 e. The number of hydrogen-bond donors (Lipinski definition) is 0. The van der Waals surface area contributed by atoms with Gasteiger partial charge in [0, 0.05) is 32.0 Å². The van der Waals surface area contributed by atoms with Gasteiger partial charge >= 0.3 is 5.97 Å². The van der Waals surface area contributed by atoms with E-state index in [1.807, 2.05) is 19.1 Å². The lowest BCUT2D eigenvalue weighted by Gasteiger charge is -2.16. The summed E-state index contributed by atoms with van der Waals surface area (Å²) in [5, 5.41) is 0. The van der Waals surface area contributed by atoms with E-state index in [9.17, 15) is 14.4 Å². The van der Waals surface area contributed by atoms with E-state index in [2.05, 4.69) is 0 Å². The molecule has 0 aromatic heterocycles. The van der Waals surface area contributed by atoms with Crippen molar-refractivity contribution in [3.05, 3.63) is 35.4 Å². The molecule has 1 aromatic carbocycles. The number of ketones is 1.